The average Bonchev–Trinajstić information content (AvgIpc) is 2.93. The number of anilines is 1. The van der Waals surface area contributed by atoms with Crippen LogP contribution < -0.4 is 15.2 Å². The van der Waals surface area contributed by atoms with Gasteiger partial charge in [-0.05, 0) is 56.9 Å². The molecule has 106 valence electrons. The molecule has 1 aliphatic rings. The predicted molar refractivity (Wildman–Crippen MR) is 78.0 cm³/mol. The van der Waals surface area contributed by atoms with Gasteiger partial charge < -0.3 is 20.1 Å². The van der Waals surface area contributed by atoms with Crippen LogP contribution in [0.15, 0.2) is 12.1 Å². The number of ether oxygens (including phenoxy) is 2. The van der Waals surface area contributed by atoms with E-state index in [0.717, 1.165) is 36.4 Å². The Labute approximate surface area is 115 Å². The highest BCUT2D eigenvalue weighted by atomic mass is 16.5. The van der Waals surface area contributed by atoms with Crippen molar-refractivity contribution in [2.75, 3.05) is 39.6 Å². The highest BCUT2D eigenvalue weighted by molar-refractivity contribution is 5.58. The molecule has 0 amide bonds. The molecule has 1 saturated heterocycles. The van der Waals surface area contributed by atoms with Gasteiger partial charge in [0.25, 0.3) is 0 Å². The maximum Gasteiger partial charge on any atom is 0.162 e. The van der Waals surface area contributed by atoms with E-state index in [1.165, 1.54) is 25.9 Å². The van der Waals surface area contributed by atoms with Crippen LogP contribution in [-0.4, -0.2) is 38.8 Å². The molecule has 1 aromatic rings. The minimum Gasteiger partial charge on any atom is -0.493 e. The Morgan fingerprint density at radius 3 is 2.37 bits per heavy atom. The van der Waals surface area contributed by atoms with E-state index in [1.807, 2.05) is 12.1 Å². The molecule has 0 spiro atoms. The molecule has 1 heterocycles. The second-order valence-electron chi connectivity index (χ2n) is 5.06. The molecule has 0 bridgehead atoms. The first-order chi connectivity index (χ1) is 9.24. The number of rotatable bonds is 6. The normalized spacial score (nSPS) is 15.7. The van der Waals surface area contributed by atoms with Crippen LogP contribution in [0.1, 0.15) is 24.8 Å². The molecule has 0 unspecified atom stereocenters. The van der Waals surface area contributed by atoms with Crippen molar-refractivity contribution in [3.05, 3.63) is 17.7 Å². The molecule has 1 aromatic carbocycles. The maximum atomic E-state index is 6.07. The van der Waals surface area contributed by atoms with Gasteiger partial charge in [0.15, 0.2) is 11.5 Å². The van der Waals surface area contributed by atoms with Gasteiger partial charge in [-0.15, -0.1) is 0 Å². The zero-order valence-electron chi connectivity index (χ0n) is 11.9. The van der Waals surface area contributed by atoms with Crippen LogP contribution in [0.2, 0.25) is 0 Å². The third-order valence-electron chi connectivity index (χ3n) is 3.76. The number of methoxy groups -OCH3 is 2. The van der Waals surface area contributed by atoms with Crippen molar-refractivity contribution in [2.24, 2.45) is 0 Å². The van der Waals surface area contributed by atoms with Crippen molar-refractivity contribution < 1.29 is 9.47 Å². The molecule has 0 saturated carbocycles. The Morgan fingerprint density at radius 1 is 1.11 bits per heavy atom. The summed E-state index contributed by atoms with van der Waals surface area (Å²) in [6, 6.07) is 3.85. The Kier molecular flexibility index (Phi) is 4.91. The molecule has 2 N–H and O–H groups in total. The SMILES string of the molecule is COc1cc(N)c(CCCN2CCCC2)cc1OC. The standard InChI is InChI=1S/C15H24N2O2/c1-18-14-10-12(13(16)11-15(14)19-2)6-5-9-17-7-3-4-8-17/h10-11H,3-9,16H2,1-2H3. The lowest BCUT2D eigenvalue weighted by Gasteiger charge is -2.16. The third kappa shape index (κ3) is 3.53. The predicted octanol–water partition coefficient (Wildman–Crippen LogP) is 2.31. The molecular formula is C15H24N2O2. The molecule has 0 aromatic heterocycles. The molecule has 0 atom stereocenters. The minimum atomic E-state index is 0.697. The van der Waals surface area contributed by atoms with Crippen LogP contribution >= 0.6 is 0 Å². The second-order valence-corrected chi connectivity index (χ2v) is 5.06. The highest BCUT2D eigenvalue weighted by Crippen LogP contribution is 2.32. The van der Waals surface area contributed by atoms with E-state index < -0.39 is 0 Å². The van der Waals surface area contributed by atoms with Gasteiger partial charge in [-0.3, -0.25) is 0 Å². The summed E-state index contributed by atoms with van der Waals surface area (Å²) in [6.45, 7) is 3.66. The third-order valence-corrected chi connectivity index (χ3v) is 3.76. The highest BCUT2D eigenvalue weighted by Gasteiger charge is 2.12. The average molecular weight is 264 g/mol. The lowest BCUT2D eigenvalue weighted by Crippen LogP contribution is -2.20. The molecule has 4 heteroatoms. The molecule has 0 aliphatic carbocycles. The van der Waals surface area contributed by atoms with Crippen molar-refractivity contribution in [3.63, 3.8) is 0 Å². The van der Waals surface area contributed by atoms with Crippen molar-refractivity contribution in [3.8, 4) is 11.5 Å². The number of likely N-dealkylation sites (tertiary alicyclic amines) is 1. The van der Waals surface area contributed by atoms with Crippen LogP contribution in [0, 0.1) is 0 Å². The van der Waals surface area contributed by atoms with Crippen LogP contribution in [0.5, 0.6) is 11.5 Å². The largest absolute Gasteiger partial charge is 0.493 e. The minimum absolute atomic E-state index is 0.697. The van der Waals surface area contributed by atoms with Gasteiger partial charge >= 0.3 is 0 Å². The van der Waals surface area contributed by atoms with Crippen molar-refractivity contribution in [1.82, 2.24) is 4.90 Å². The lowest BCUT2D eigenvalue weighted by atomic mass is 10.1. The Morgan fingerprint density at radius 2 is 1.74 bits per heavy atom. The van der Waals surface area contributed by atoms with Crippen molar-refractivity contribution in [1.29, 1.82) is 0 Å². The fourth-order valence-electron chi connectivity index (χ4n) is 2.65. The number of nitrogens with two attached hydrogens (primary N) is 1. The van der Waals surface area contributed by atoms with Gasteiger partial charge in [-0.1, -0.05) is 0 Å². The van der Waals surface area contributed by atoms with Crippen LogP contribution in [0.3, 0.4) is 0 Å². The molecular weight excluding hydrogens is 240 g/mol. The van der Waals surface area contributed by atoms with Crippen molar-refractivity contribution in [2.45, 2.75) is 25.7 Å². The second kappa shape index (κ2) is 6.66. The fourth-order valence-corrected chi connectivity index (χ4v) is 2.65. The van der Waals surface area contributed by atoms with E-state index in [0.29, 0.717) is 5.75 Å². The van der Waals surface area contributed by atoms with Gasteiger partial charge in [0.05, 0.1) is 14.2 Å². The van der Waals surface area contributed by atoms with E-state index in [2.05, 4.69) is 4.90 Å². The van der Waals surface area contributed by atoms with E-state index >= 15 is 0 Å². The fraction of sp³-hybridized carbons (Fsp3) is 0.600. The zero-order chi connectivity index (χ0) is 13.7. The quantitative estimate of drug-likeness (QED) is 0.801. The number of hydrogen-bond acceptors (Lipinski definition) is 4. The molecule has 1 fully saturated rings. The smallest absolute Gasteiger partial charge is 0.162 e. The molecule has 2 rings (SSSR count). The van der Waals surface area contributed by atoms with Crippen LogP contribution in [0.4, 0.5) is 5.69 Å². The number of nitrogens with zero attached hydrogens (tertiary/aromatic N) is 1. The zero-order valence-corrected chi connectivity index (χ0v) is 11.9. The Bertz CT molecular complexity index is 415. The van der Waals surface area contributed by atoms with Crippen LogP contribution in [-0.2, 0) is 6.42 Å². The number of hydrogen-bond donors (Lipinski definition) is 1. The van der Waals surface area contributed by atoms with Gasteiger partial charge in [0.1, 0.15) is 0 Å². The van der Waals surface area contributed by atoms with E-state index in [-0.39, 0.29) is 0 Å². The molecule has 19 heavy (non-hydrogen) atoms. The van der Waals surface area contributed by atoms with Gasteiger partial charge in [-0.25, -0.2) is 0 Å². The first kappa shape index (κ1) is 14.0. The maximum absolute atomic E-state index is 6.07. The van der Waals surface area contributed by atoms with Gasteiger partial charge in [-0.2, -0.15) is 0 Å². The van der Waals surface area contributed by atoms with E-state index in [1.54, 1.807) is 14.2 Å². The molecule has 1 aliphatic heterocycles. The summed E-state index contributed by atoms with van der Waals surface area (Å²) in [4.78, 5) is 2.52. The Balaban J connectivity index is 1.95. The summed E-state index contributed by atoms with van der Waals surface area (Å²) in [5, 5.41) is 0. The van der Waals surface area contributed by atoms with Crippen molar-refractivity contribution >= 4 is 5.69 Å². The topological polar surface area (TPSA) is 47.7 Å². The van der Waals surface area contributed by atoms with Crippen LogP contribution in [0.25, 0.3) is 0 Å². The summed E-state index contributed by atoms with van der Waals surface area (Å²) >= 11 is 0. The first-order valence-electron chi connectivity index (χ1n) is 6.97. The summed E-state index contributed by atoms with van der Waals surface area (Å²) in [6.07, 6.45) is 4.82. The van der Waals surface area contributed by atoms with E-state index in [4.69, 9.17) is 15.2 Å². The first-order valence-corrected chi connectivity index (χ1v) is 6.97. The van der Waals surface area contributed by atoms with E-state index in [9.17, 15) is 0 Å². The van der Waals surface area contributed by atoms with Gasteiger partial charge in [0.2, 0.25) is 0 Å². The van der Waals surface area contributed by atoms with Gasteiger partial charge in [0, 0.05) is 11.8 Å². The summed E-state index contributed by atoms with van der Waals surface area (Å²) in [5.74, 6) is 1.45. The number of benzene rings is 1. The Hall–Kier alpha value is -1.42. The lowest BCUT2D eigenvalue weighted by molar-refractivity contribution is 0.333. The monoisotopic (exact) mass is 264 g/mol. The molecule has 0 radical (unpaired) electrons. The summed E-state index contributed by atoms with van der Waals surface area (Å²) in [7, 11) is 3.28. The summed E-state index contributed by atoms with van der Waals surface area (Å²) in [5.41, 5.74) is 8.01. The number of nitrogen functional groups attached to an aromatic ring is 1. The number of aryl methyl sites for hydroxylation is 1. The summed E-state index contributed by atoms with van der Waals surface area (Å²) < 4.78 is 10.6. The molecule has 4 nitrogen and oxygen atoms in total.